The molecule has 10 heteroatoms. The first-order chi connectivity index (χ1) is 20.0. The van der Waals surface area contributed by atoms with E-state index in [-0.39, 0.29) is 6.61 Å². The summed E-state index contributed by atoms with van der Waals surface area (Å²) in [5.74, 6) is -0.544. The standard InChI is InChI=1S/C31H39F2N5O3/c32-29(33)21-41-19-18-38(16-7-6-11-25-14-13-24-10-4-5-12-27(24)36-25)17-15-28(31(39)40)37-30-26(20-34-22-35-30)23-8-2-1-3-9-23/h1-3,8-9,13-14,20,22,28-29H,4-7,10-12,15-19,21H2,(H,39,40)(H,34,35,37)/t28-/m0/s1. The number of pyridine rings is 1. The van der Waals surface area contributed by atoms with Crippen LogP contribution in [0, 0.1) is 0 Å². The van der Waals surface area contributed by atoms with Gasteiger partial charge in [0, 0.05) is 36.2 Å². The van der Waals surface area contributed by atoms with Crippen LogP contribution in [0.1, 0.15) is 49.1 Å². The summed E-state index contributed by atoms with van der Waals surface area (Å²) in [5.41, 5.74) is 5.30. The van der Waals surface area contributed by atoms with Gasteiger partial charge in [-0.3, -0.25) is 4.98 Å². The quantitative estimate of drug-likeness (QED) is 0.213. The van der Waals surface area contributed by atoms with Crippen molar-refractivity contribution in [2.75, 3.05) is 38.2 Å². The van der Waals surface area contributed by atoms with Gasteiger partial charge in [0.15, 0.2) is 0 Å². The molecule has 0 saturated carbocycles. The number of carbonyl (C=O) groups is 1. The highest BCUT2D eigenvalue weighted by molar-refractivity contribution is 5.81. The van der Waals surface area contributed by atoms with Crippen molar-refractivity contribution >= 4 is 11.8 Å². The van der Waals surface area contributed by atoms with Crippen molar-refractivity contribution in [2.24, 2.45) is 0 Å². The van der Waals surface area contributed by atoms with Crippen LogP contribution in [0.4, 0.5) is 14.6 Å². The van der Waals surface area contributed by atoms with E-state index in [1.807, 2.05) is 30.3 Å². The number of benzene rings is 1. The van der Waals surface area contributed by atoms with Crippen molar-refractivity contribution < 1.29 is 23.4 Å². The zero-order chi connectivity index (χ0) is 28.9. The Bertz CT molecular complexity index is 1230. The smallest absolute Gasteiger partial charge is 0.326 e. The molecule has 2 heterocycles. The number of nitrogens with one attached hydrogen (secondary N) is 1. The van der Waals surface area contributed by atoms with E-state index in [1.54, 1.807) is 6.20 Å². The Hall–Kier alpha value is -3.50. The number of anilines is 1. The van der Waals surface area contributed by atoms with Crippen LogP contribution in [0.5, 0.6) is 0 Å². The summed E-state index contributed by atoms with van der Waals surface area (Å²) < 4.78 is 30.2. The molecular weight excluding hydrogens is 528 g/mol. The number of alkyl halides is 2. The minimum absolute atomic E-state index is 0.159. The average molecular weight is 568 g/mol. The molecule has 2 aromatic heterocycles. The van der Waals surface area contributed by atoms with Gasteiger partial charge in [-0.2, -0.15) is 0 Å². The number of fused-ring (bicyclic) bond motifs is 1. The van der Waals surface area contributed by atoms with Gasteiger partial charge in [-0.15, -0.1) is 0 Å². The predicted octanol–water partition coefficient (Wildman–Crippen LogP) is 5.28. The van der Waals surface area contributed by atoms with E-state index >= 15 is 0 Å². The first kappa shape index (κ1) is 30.5. The van der Waals surface area contributed by atoms with Gasteiger partial charge in [0.1, 0.15) is 24.8 Å². The van der Waals surface area contributed by atoms with Gasteiger partial charge in [-0.05, 0) is 75.1 Å². The second kappa shape index (κ2) is 16.1. The number of carboxylic acids is 1. The van der Waals surface area contributed by atoms with Crippen molar-refractivity contribution in [3.05, 3.63) is 71.9 Å². The number of aliphatic carboxylic acids is 1. The lowest BCUT2D eigenvalue weighted by atomic mass is 9.95. The number of aromatic nitrogens is 3. The van der Waals surface area contributed by atoms with E-state index in [9.17, 15) is 18.7 Å². The molecule has 4 rings (SSSR count). The van der Waals surface area contributed by atoms with E-state index in [1.165, 1.54) is 30.4 Å². The maximum absolute atomic E-state index is 12.6. The number of hydrogen-bond donors (Lipinski definition) is 2. The molecule has 0 amide bonds. The maximum Gasteiger partial charge on any atom is 0.326 e. The Labute approximate surface area is 240 Å². The van der Waals surface area contributed by atoms with Gasteiger partial charge < -0.3 is 20.1 Å². The topological polar surface area (TPSA) is 100 Å². The molecule has 0 unspecified atom stereocenters. The monoisotopic (exact) mass is 567 g/mol. The fourth-order valence-electron chi connectivity index (χ4n) is 5.12. The number of hydrogen-bond acceptors (Lipinski definition) is 7. The van der Waals surface area contributed by atoms with Crippen LogP contribution in [0.2, 0.25) is 0 Å². The van der Waals surface area contributed by atoms with E-state index in [4.69, 9.17) is 9.72 Å². The second-order valence-electron chi connectivity index (χ2n) is 10.4. The highest BCUT2D eigenvalue weighted by Crippen LogP contribution is 2.26. The third-order valence-corrected chi connectivity index (χ3v) is 7.33. The van der Waals surface area contributed by atoms with Crippen molar-refractivity contribution in [1.29, 1.82) is 0 Å². The van der Waals surface area contributed by atoms with Gasteiger partial charge in [0.25, 0.3) is 6.43 Å². The number of halogens is 2. The van der Waals surface area contributed by atoms with Crippen molar-refractivity contribution in [1.82, 2.24) is 19.9 Å². The van der Waals surface area contributed by atoms with Gasteiger partial charge in [-0.25, -0.2) is 23.5 Å². The molecule has 1 atom stereocenters. The van der Waals surface area contributed by atoms with Crippen LogP contribution in [-0.2, 0) is 28.8 Å². The van der Waals surface area contributed by atoms with Crippen LogP contribution in [0.15, 0.2) is 55.0 Å². The summed E-state index contributed by atoms with van der Waals surface area (Å²) in [6.45, 7) is 1.17. The highest BCUT2D eigenvalue weighted by atomic mass is 19.3. The Morgan fingerprint density at radius 3 is 2.68 bits per heavy atom. The second-order valence-corrected chi connectivity index (χ2v) is 10.4. The normalized spacial score (nSPS) is 13.8. The molecule has 220 valence electrons. The third-order valence-electron chi connectivity index (χ3n) is 7.33. The molecule has 1 aliphatic carbocycles. The van der Waals surface area contributed by atoms with Gasteiger partial charge in [0.05, 0.1) is 6.61 Å². The van der Waals surface area contributed by atoms with Crippen LogP contribution >= 0.6 is 0 Å². The van der Waals surface area contributed by atoms with Gasteiger partial charge >= 0.3 is 5.97 Å². The Morgan fingerprint density at radius 2 is 1.88 bits per heavy atom. The molecule has 0 radical (unpaired) electrons. The Balaban J connectivity index is 1.33. The predicted molar refractivity (Wildman–Crippen MR) is 154 cm³/mol. The molecule has 0 aliphatic heterocycles. The molecule has 2 N–H and O–H groups in total. The Kier molecular flexibility index (Phi) is 11.9. The lowest BCUT2D eigenvalue weighted by Gasteiger charge is -2.25. The van der Waals surface area contributed by atoms with E-state index in [0.717, 1.165) is 43.4 Å². The number of carboxylic acid groups (broad SMARTS) is 1. The first-order valence-corrected chi connectivity index (χ1v) is 14.4. The summed E-state index contributed by atoms with van der Waals surface area (Å²) in [5, 5.41) is 13.0. The number of unbranched alkanes of at least 4 members (excludes halogenated alkanes) is 1. The molecule has 0 saturated heterocycles. The number of nitrogens with zero attached hydrogens (tertiary/aromatic N) is 4. The third kappa shape index (κ3) is 9.82. The molecular formula is C31H39F2N5O3. The summed E-state index contributed by atoms with van der Waals surface area (Å²) in [6, 6.07) is 13.0. The molecule has 1 aliphatic rings. The maximum atomic E-state index is 12.6. The first-order valence-electron chi connectivity index (χ1n) is 14.4. The van der Waals surface area contributed by atoms with Crippen molar-refractivity contribution in [2.45, 2.75) is 63.8 Å². The number of rotatable bonds is 17. The number of ether oxygens (including phenoxy) is 1. The van der Waals surface area contributed by atoms with Crippen molar-refractivity contribution in [3.63, 3.8) is 0 Å². The molecule has 0 fully saturated rings. The van der Waals surface area contributed by atoms with E-state index < -0.39 is 25.0 Å². The van der Waals surface area contributed by atoms with Gasteiger partial charge in [-0.1, -0.05) is 36.4 Å². The van der Waals surface area contributed by atoms with Crippen LogP contribution in [0.25, 0.3) is 11.1 Å². The van der Waals surface area contributed by atoms with Gasteiger partial charge in [0.2, 0.25) is 0 Å². The number of aryl methyl sites for hydroxylation is 3. The molecule has 1 aromatic carbocycles. The lowest BCUT2D eigenvalue weighted by Crippen LogP contribution is -2.37. The zero-order valence-electron chi connectivity index (χ0n) is 23.4. The molecule has 0 bridgehead atoms. The fourth-order valence-corrected chi connectivity index (χ4v) is 5.12. The average Bonchev–Trinajstić information content (AvgIpc) is 2.99. The van der Waals surface area contributed by atoms with Crippen molar-refractivity contribution in [3.8, 4) is 11.1 Å². The molecule has 3 aromatic rings. The summed E-state index contributed by atoms with van der Waals surface area (Å²) in [6.07, 6.45) is 8.11. The van der Waals surface area contributed by atoms with Crippen LogP contribution in [0.3, 0.4) is 0 Å². The summed E-state index contributed by atoms with van der Waals surface area (Å²) >= 11 is 0. The zero-order valence-corrected chi connectivity index (χ0v) is 23.4. The summed E-state index contributed by atoms with van der Waals surface area (Å²) in [7, 11) is 0. The largest absolute Gasteiger partial charge is 0.480 e. The minimum atomic E-state index is -2.51. The summed E-state index contributed by atoms with van der Waals surface area (Å²) in [4.78, 5) is 27.5. The fraction of sp³-hybridized carbons (Fsp3) is 0.484. The SMILES string of the molecule is O=C(O)[C@H](CCN(CCCCc1ccc2c(n1)CCCC2)CCOCC(F)F)Nc1ncncc1-c1ccccc1. The van der Waals surface area contributed by atoms with E-state index in [0.29, 0.717) is 37.4 Å². The molecule has 0 spiro atoms. The van der Waals surface area contributed by atoms with E-state index in [2.05, 4.69) is 32.3 Å². The lowest BCUT2D eigenvalue weighted by molar-refractivity contribution is -0.138. The molecule has 41 heavy (non-hydrogen) atoms. The Morgan fingerprint density at radius 1 is 1.05 bits per heavy atom. The van der Waals surface area contributed by atoms with Crippen LogP contribution in [-0.4, -0.2) is 76.2 Å². The molecule has 8 nitrogen and oxygen atoms in total. The minimum Gasteiger partial charge on any atom is -0.480 e. The highest BCUT2D eigenvalue weighted by Gasteiger charge is 2.21. The van der Waals surface area contributed by atoms with Crippen LogP contribution < -0.4 is 5.32 Å².